The fourth-order valence-electron chi connectivity index (χ4n) is 4.32. The monoisotopic (exact) mass is 411 g/mol. The Labute approximate surface area is 166 Å². The molecule has 3 aliphatic heterocycles. The molecule has 3 aliphatic rings. The van der Waals surface area contributed by atoms with Gasteiger partial charge in [-0.3, -0.25) is 4.90 Å². The third-order valence-electron chi connectivity index (χ3n) is 5.66. The molecule has 4 atom stereocenters. The molecule has 1 aromatic rings. The van der Waals surface area contributed by atoms with Gasteiger partial charge in [0.1, 0.15) is 5.75 Å². The maximum atomic E-state index is 12.1. The van der Waals surface area contributed by atoms with Crippen LogP contribution in [0.2, 0.25) is 10.0 Å². The maximum absolute atomic E-state index is 12.1. The van der Waals surface area contributed by atoms with Crippen molar-refractivity contribution in [1.82, 2.24) is 4.90 Å². The van der Waals surface area contributed by atoms with Crippen LogP contribution in [0.1, 0.15) is 19.3 Å². The Morgan fingerprint density at radius 3 is 2.78 bits per heavy atom. The van der Waals surface area contributed by atoms with E-state index < -0.39 is 23.8 Å². The SMILES string of the molecule is CN1C2CCC13OC(=O)/C=C/C(=O)OC3C(COc1ccc(Cl)c(Cl)c1)C2. The molecule has 8 heteroatoms. The highest BCUT2D eigenvalue weighted by molar-refractivity contribution is 6.42. The van der Waals surface area contributed by atoms with Crippen LogP contribution in [0.4, 0.5) is 0 Å². The van der Waals surface area contributed by atoms with E-state index in [-0.39, 0.29) is 12.0 Å². The van der Waals surface area contributed by atoms with Crippen molar-refractivity contribution in [2.45, 2.75) is 37.1 Å². The molecule has 0 aromatic heterocycles. The first kappa shape index (κ1) is 18.6. The van der Waals surface area contributed by atoms with E-state index in [0.29, 0.717) is 28.8 Å². The second-order valence-electron chi connectivity index (χ2n) is 7.14. The molecule has 0 radical (unpaired) electrons. The Kier molecular flexibility index (Phi) is 4.82. The molecule has 144 valence electrons. The van der Waals surface area contributed by atoms with E-state index in [2.05, 4.69) is 0 Å². The van der Waals surface area contributed by atoms with E-state index in [0.717, 1.165) is 25.0 Å². The van der Waals surface area contributed by atoms with Gasteiger partial charge in [-0.1, -0.05) is 23.2 Å². The van der Waals surface area contributed by atoms with Crippen molar-refractivity contribution in [3.8, 4) is 5.75 Å². The van der Waals surface area contributed by atoms with Crippen LogP contribution in [0.3, 0.4) is 0 Å². The van der Waals surface area contributed by atoms with Gasteiger partial charge in [-0.05, 0) is 32.0 Å². The van der Waals surface area contributed by atoms with Crippen molar-refractivity contribution >= 4 is 35.1 Å². The zero-order chi connectivity index (χ0) is 19.2. The quantitative estimate of drug-likeness (QED) is 0.711. The highest BCUT2D eigenvalue weighted by Gasteiger charge is 2.61. The molecular weight excluding hydrogens is 393 g/mol. The first-order chi connectivity index (χ1) is 12.9. The van der Waals surface area contributed by atoms with Crippen LogP contribution in [0.15, 0.2) is 30.4 Å². The number of nitrogens with zero attached hydrogens (tertiary/aromatic N) is 1. The minimum Gasteiger partial charge on any atom is -0.493 e. The molecule has 4 unspecified atom stereocenters. The number of carbonyl (C=O) groups excluding carboxylic acids is 2. The molecule has 2 saturated heterocycles. The topological polar surface area (TPSA) is 65.1 Å². The average Bonchev–Trinajstić information content (AvgIpc) is 2.84. The number of benzene rings is 1. The molecule has 0 amide bonds. The van der Waals surface area contributed by atoms with Gasteiger partial charge < -0.3 is 14.2 Å². The highest BCUT2D eigenvalue weighted by Crippen LogP contribution is 2.48. The van der Waals surface area contributed by atoms with E-state index in [4.69, 9.17) is 37.4 Å². The van der Waals surface area contributed by atoms with Gasteiger partial charge >= 0.3 is 11.9 Å². The summed E-state index contributed by atoms with van der Waals surface area (Å²) in [4.78, 5) is 26.3. The molecule has 3 heterocycles. The number of hydrogen-bond donors (Lipinski definition) is 0. The first-order valence-corrected chi connectivity index (χ1v) is 9.57. The molecule has 6 nitrogen and oxygen atoms in total. The van der Waals surface area contributed by atoms with E-state index in [1.807, 2.05) is 11.9 Å². The van der Waals surface area contributed by atoms with Crippen molar-refractivity contribution in [3.63, 3.8) is 0 Å². The minimum absolute atomic E-state index is 0.119. The van der Waals surface area contributed by atoms with E-state index in [1.54, 1.807) is 18.2 Å². The van der Waals surface area contributed by atoms with Crippen molar-refractivity contribution in [1.29, 1.82) is 0 Å². The van der Waals surface area contributed by atoms with Crippen LogP contribution in [0.25, 0.3) is 0 Å². The third-order valence-corrected chi connectivity index (χ3v) is 6.40. The molecular formula is C19H19Cl2NO5. The molecule has 1 aromatic carbocycles. The van der Waals surface area contributed by atoms with Crippen LogP contribution in [0.5, 0.6) is 5.75 Å². The van der Waals surface area contributed by atoms with Crippen molar-refractivity contribution < 1.29 is 23.8 Å². The minimum atomic E-state index is -0.952. The summed E-state index contributed by atoms with van der Waals surface area (Å²) in [7, 11) is 1.91. The predicted molar refractivity (Wildman–Crippen MR) is 98.7 cm³/mol. The van der Waals surface area contributed by atoms with Gasteiger partial charge in [-0.25, -0.2) is 9.59 Å². The Morgan fingerprint density at radius 2 is 2.00 bits per heavy atom. The van der Waals surface area contributed by atoms with E-state index in [9.17, 15) is 9.59 Å². The van der Waals surface area contributed by atoms with Crippen LogP contribution >= 0.6 is 23.2 Å². The van der Waals surface area contributed by atoms with Gasteiger partial charge in [0, 0.05) is 36.6 Å². The summed E-state index contributed by atoms with van der Waals surface area (Å²) in [6, 6.07) is 5.29. The number of carbonyl (C=O) groups is 2. The summed E-state index contributed by atoms with van der Waals surface area (Å²) in [5, 5.41) is 0.860. The number of likely N-dealkylation sites (N-methyl/N-ethyl adjacent to an activating group) is 1. The number of piperidine rings is 1. The zero-order valence-corrected chi connectivity index (χ0v) is 16.2. The van der Waals surface area contributed by atoms with Gasteiger partial charge in [-0.15, -0.1) is 0 Å². The number of fused-ring (bicyclic) bond motifs is 1. The Balaban J connectivity index is 1.59. The largest absolute Gasteiger partial charge is 0.493 e. The Morgan fingerprint density at radius 1 is 1.22 bits per heavy atom. The second kappa shape index (κ2) is 7.00. The number of hydrogen-bond acceptors (Lipinski definition) is 6. The van der Waals surface area contributed by atoms with E-state index in [1.165, 1.54) is 0 Å². The molecule has 2 fully saturated rings. The Hall–Kier alpha value is -1.76. The van der Waals surface area contributed by atoms with E-state index >= 15 is 0 Å². The normalized spacial score (nSPS) is 34.1. The molecule has 4 rings (SSSR count). The average molecular weight is 412 g/mol. The lowest BCUT2D eigenvalue weighted by atomic mass is 9.85. The fraction of sp³-hybridized carbons (Fsp3) is 0.474. The summed E-state index contributed by atoms with van der Waals surface area (Å²) in [5.41, 5.74) is -0.952. The van der Waals surface area contributed by atoms with Crippen molar-refractivity contribution in [3.05, 3.63) is 40.4 Å². The van der Waals surface area contributed by atoms with Gasteiger partial charge in [0.05, 0.1) is 16.7 Å². The van der Waals surface area contributed by atoms with Crippen LogP contribution in [0, 0.1) is 5.92 Å². The smallest absolute Gasteiger partial charge is 0.332 e. The molecule has 0 aliphatic carbocycles. The van der Waals surface area contributed by atoms with Crippen molar-refractivity contribution in [2.75, 3.05) is 13.7 Å². The number of rotatable bonds is 3. The van der Waals surface area contributed by atoms with Gasteiger partial charge in [0.25, 0.3) is 0 Å². The van der Waals surface area contributed by atoms with Crippen LogP contribution in [-0.2, 0) is 19.1 Å². The van der Waals surface area contributed by atoms with Crippen molar-refractivity contribution in [2.24, 2.45) is 5.92 Å². The summed E-state index contributed by atoms with van der Waals surface area (Å²) >= 11 is 12.0. The van der Waals surface area contributed by atoms with Crippen LogP contribution < -0.4 is 4.74 Å². The molecule has 0 N–H and O–H groups in total. The second-order valence-corrected chi connectivity index (χ2v) is 7.96. The predicted octanol–water partition coefficient (Wildman–Crippen LogP) is 3.21. The zero-order valence-electron chi connectivity index (χ0n) is 14.7. The summed E-state index contributed by atoms with van der Waals surface area (Å²) in [6.07, 6.45) is 3.88. The number of halogens is 2. The standard InChI is InChI=1S/C19H19Cl2NO5/c1-22-12-6-7-19(22)18(26-16(23)4-5-17(24)27-19)11(8-12)10-25-13-2-3-14(20)15(21)9-13/h2-5,9,11-12,18H,6-8,10H2,1H3/b5-4+. The van der Waals surface area contributed by atoms with Gasteiger partial charge in [0.2, 0.25) is 5.72 Å². The highest BCUT2D eigenvalue weighted by atomic mass is 35.5. The summed E-state index contributed by atoms with van der Waals surface area (Å²) in [5.74, 6) is -0.616. The molecule has 27 heavy (non-hydrogen) atoms. The summed E-state index contributed by atoms with van der Waals surface area (Å²) in [6.45, 7) is 0.309. The lowest BCUT2D eigenvalue weighted by Gasteiger charge is -2.49. The summed E-state index contributed by atoms with van der Waals surface area (Å²) < 4.78 is 17.4. The first-order valence-electron chi connectivity index (χ1n) is 8.81. The fourth-order valence-corrected chi connectivity index (χ4v) is 4.60. The number of esters is 2. The van der Waals surface area contributed by atoms with Gasteiger partial charge in [0.15, 0.2) is 6.10 Å². The molecule has 0 saturated carbocycles. The lowest BCUT2D eigenvalue weighted by Crippen LogP contribution is -2.64. The van der Waals surface area contributed by atoms with Crippen LogP contribution in [-0.4, -0.2) is 48.4 Å². The maximum Gasteiger partial charge on any atom is 0.332 e. The molecule has 2 bridgehead atoms. The lowest BCUT2D eigenvalue weighted by molar-refractivity contribution is -0.235. The Bertz CT molecular complexity index is 813. The molecule has 1 spiro atoms. The third kappa shape index (κ3) is 3.30. The van der Waals surface area contributed by atoms with Gasteiger partial charge in [-0.2, -0.15) is 0 Å². The number of ether oxygens (including phenoxy) is 3.